The summed E-state index contributed by atoms with van der Waals surface area (Å²) in [4.78, 5) is 26.8. The first-order valence-electron chi connectivity index (χ1n) is 8.07. The number of benzene rings is 1. The van der Waals surface area contributed by atoms with E-state index in [1.165, 1.54) is 11.3 Å². The highest BCUT2D eigenvalue weighted by Gasteiger charge is 2.26. The number of aromatic nitrogens is 3. The number of H-pyrrole nitrogens is 1. The van der Waals surface area contributed by atoms with E-state index in [0.717, 1.165) is 40.0 Å². The molecule has 7 heteroatoms. The normalized spacial score (nSPS) is 13.6. The molecule has 0 saturated carbocycles. The first kappa shape index (κ1) is 15.8. The quantitative estimate of drug-likeness (QED) is 0.785. The average Bonchev–Trinajstić information content (AvgIpc) is 3.26. The Bertz CT molecular complexity index is 931. The number of nitrogens with one attached hydrogen (secondary N) is 1. The largest absolute Gasteiger partial charge is 0.497 e. The molecular weight excluding hydrogens is 336 g/mol. The van der Waals surface area contributed by atoms with Gasteiger partial charge in [0, 0.05) is 23.9 Å². The van der Waals surface area contributed by atoms with Gasteiger partial charge >= 0.3 is 0 Å². The van der Waals surface area contributed by atoms with E-state index in [-0.39, 0.29) is 5.91 Å². The summed E-state index contributed by atoms with van der Waals surface area (Å²) in [5.41, 5.74) is 3.51. The van der Waals surface area contributed by atoms with E-state index in [1.807, 2.05) is 41.5 Å². The Morgan fingerprint density at radius 2 is 2.24 bits per heavy atom. The Balaban J connectivity index is 1.57. The fourth-order valence-corrected chi connectivity index (χ4v) is 3.58. The molecule has 0 fully saturated rings. The maximum absolute atomic E-state index is 12.6. The molecule has 25 heavy (non-hydrogen) atoms. The van der Waals surface area contributed by atoms with E-state index in [1.54, 1.807) is 7.11 Å². The van der Waals surface area contributed by atoms with E-state index in [0.29, 0.717) is 18.8 Å². The van der Waals surface area contributed by atoms with Crippen LogP contribution >= 0.6 is 11.3 Å². The third-order valence-electron chi connectivity index (χ3n) is 4.30. The summed E-state index contributed by atoms with van der Waals surface area (Å²) in [6, 6.07) is 7.79. The summed E-state index contributed by atoms with van der Waals surface area (Å²) < 4.78 is 5.28. The summed E-state index contributed by atoms with van der Waals surface area (Å²) in [6.45, 7) is 3.09. The highest BCUT2D eigenvalue weighted by molar-refractivity contribution is 7.09. The van der Waals surface area contributed by atoms with Crippen LogP contribution in [0.4, 0.5) is 0 Å². The topological polar surface area (TPSA) is 71.1 Å². The van der Waals surface area contributed by atoms with Crippen molar-refractivity contribution in [2.75, 3.05) is 13.7 Å². The van der Waals surface area contributed by atoms with Crippen LogP contribution in [0.5, 0.6) is 5.75 Å². The Labute approximate surface area is 149 Å². The minimum absolute atomic E-state index is 0.0208. The zero-order chi connectivity index (χ0) is 17.4. The lowest BCUT2D eigenvalue weighted by atomic mass is 10.1. The predicted octanol–water partition coefficient (Wildman–Crippen LogP) is 3.05. The van der Waals surface area contributed by atoms with Crippen molar-refractivity contribution in [2.45, 2.75) is 19.9 Å². The predicted molar refractivity (Wildman–Crippen MR) is 95.9 cm³/mol. The van der Waals surface area contributed by atoms with Gasteiger partial charge in [-0.05, 0) is 19.1 Å². The van der Waals surface area contributed by atoms with Gasteiger partial charge < -0.3 is 14.6 Å². The monoisotopic (exact) mass is 354 g/mol. The van der Waals surface area contributed by atoms with E-state index >= 15 is 0 Å². The molecule has 0 saturated heterocycles. The third kappa shape index (κ3) is 3.02. The Morgan fingerprint density at radius 1 is 1.36 bits per heavy atom. The standard InChI is InChI=1S/C18H18N4O2S/c1-11-19-16(10-25-11)18(23)22-7-6-14-15(9-22)21-17(20-14)12-4-3-5-13(8-12)24-2/h3-5,8,10H,6-7,9H2,1-2H3,(H,20,21). The van der Waals surface area contributed by atoms with Crippen LogP contribution < -0.4 is 4.74 Å². The van der Waals surface area contributed by atoms with Crippen LogP contribution in [0, 0.1) is 6.92 Å². The average molecular weight is 354 g/mol. The van der Waals surface area contributed by atoms with Crippen molar-refractivity contribution < 1.29 is 9.53 Å². The molecule has 1 amide bonds. The fraction of sp³-hybridized carbons (Fsp3) is 0.278. The number of nitrogens with zero attached hydrogens (tertiary/aromatic N) is 3. The third-order valence-corrected chi connectivity index (χ3v) is 5.07. The van der Waals surface area contributed by atoms with Crippen LogP contribution in [0.25, 0.3) is 11.4 Å². The van der Waals surface area contributed by atoms with Crippen LogP contribution in [0.15, 0.2) is 29.6 Å². The number of aromatic amines is 1. The van der Waals surface area contributed by atoms with E-state index < -0.39 is 0 Å². The molecule has 128 valence electrons. The van der Waals surface area contributed by atoms with Crippen molar-refractivity contribution in [1.82, 2.24) is 19.9 Å². The molecule has 0 radical (unpaired) electrons. The number of hydrogen-bond acceptors (Lipinski definition) is 5. The van der Waals surface area contributed by atoms with Gasteiger partial charge in [0.15, 0.2) is 0 Å². The molecule has 6 nitrogen and oxygen atoms in total. The smallest absolute Gasteiger partial charge is 0.273 e. The number of carbonyl (C=O) groups is 1. The van der Waals surface area contributed by atoms with Gasteiger partial charge in [-0.3, -0.25) is 4.79 Å². The van der Waals surface area contributed by atoms with Gasteiger partial charge in [-0.2, -0.15) is 0 Å². The molecular formula is C18H18N4O2S. The van der Waals surface area contributed by atoms with Gasteiger partial charge in [0.1, 0.15) is 17.3 Å². The fourth-order valence-electron chi connectivity index (χ4n) is 3.00. The number of methoxy groups -OCH3 is 1. The SMILES string of the molecule is COc1cccc(-c2nc3c([nH]2)CN(C(=O)c2csc(C)n2)CC3)c1. The van der Waals surface area contributed by atoms with Gasteiger partial charge in [0.25, 0.3) is 5.91 Å². The lowest BCUT2D eigenvalue weighted by Gasteiger charge is -2.25. The van der Waals surface area contributed by atoms with Crippen molar-refractivity contribution in [3.63, 3.8) is 0 Å². The first-order chi connectivity index (χ1) is 12.1. The zero-order valence-corrected chi connectivity index (χ0v) is 14.9. The lowest BCUT2D eigenvalue weighted by Crippen LogP contribution is -2.36. The number of hydrogen-bond donors (Lipinski definition) is 1. The van der Waals surface area contributed by atoms with Crippen molar-refractivity contribution in [3.05, 3.63) is 51.7 Å². The highest BCUT2D eigenvalue weighted by atomic mass is 32.1. The van der Waals surface area contributed by atoms with E-state index in [4.69, 9.17) is 9.72 Å². The second-order valence-electron chi connectivity index (χ2n) is 5.97. The molecule has 0 unspecified atom stereocenters. The molecule has 1 aliphatic heterocycles. The minimum Gasteiger partial charge on any atom is -0.497 e. The number of ether oxygens (including phenoxy) is 1. The van der Waals surface area contributed by atoms with Gasteiger partial charge in [-0.1, -0.05) is 12.1 Å². The Kier molecular flexibility index (Phi) is 4.01. The molecule has 0 atom stereocenters. The molecule has 2 aromatic heterocycles. The summed E-state index contributed by atoms with van der Waals surface area (Å²) in [7, 11) is 1.65. The van der Waals surface area contributed by atoms with Crippen molar-refractivity contribution in [2.24, 2.45) is 0 Å². The number of amides is 1. The Hall–Kier alpha value is -2.67. The van der Waals surface area contributed by atoms with Crippen LogP contribution in [0.2, 0.25) is 0 Å². The van der Waals surface area contributed by atoms with Gasteiger partial charge in [0.2, 0.25) is 0 Å². The number of rotatable bonds is 3. The van der Waals surface area contributed by atoms with Crippen molar-refractivity contribution in [3.8, 4) is 17.1 Å². The van der Waals surface area contributed by atoms with Crippen molar-refractivity contribution in [1.29, 1.82) is 0 Å². The molecule has 0 spiro atoms. The van der Waals surface area contributed by atoms with Gasteiger partial charge in [-0.25, -0.2) is 9.97 Å². The molecule has 3 aromatic rings. The molecule has 1 aliphatic rings. The van der Waals surface area contributed by atoms with Crippen molar-refractivity contribution >= 4 is 17.2 Å². The molecule has 4 rings (SSSR count). The zero-order valence-electron chi connectivity index (χ0n) is 14.1. The number of fused-ring (bicyclic) bond motifs is 1. The number of aryl methyl sites for hydroxylation is 1. The number of carbonyl (C=O) groups excluding carboxylic acids is 1. The molecule has 1 N–H and O–H groups in total. The highest BCUT2D eigenvalue weighted by Crippen LogP contribution is 2.26. The van der Waals surface area contributed by atoms with Gasteiger partial charge in [0.05, 0.1) is 30.1 Å². The van der Waals surface area contributed by atoms with E-state index in [9.17, 15) is 4.79 Å². The van der Waals surface area contributed by atoms with Crippen LogP contribution in [-0.2, 0) is 13.0 Å². The van der Waals surface area contributed by atoms with Gasteiger partial charge in [-0.15, -0.1) is 11.3 Å². The first-order valence-corrected chi connectivity index (χ1v) is 8.95. The summed E-state index contributed by atoms with van der Waals surface area (Å²) in [5.74, 6) is 1.58. The summed E-state index contributed by atoms with van der Waals surface area (Å²) >= 11 is 1.50. The second-order valence-corrected chi connectivity index (χ2v) is 7.03. The Morgan fingerprint density at radius 3 is 3.00 bits per heavy atom. The van der Waals surface area contributed by atoms with Crippen LogP contribution in [-0.4, -0.2) is 39.4 Å². The summed E-state index contributed by atoms with van der Waals surface area (Å²) in [5, 5.41) is 2.73. The van der Waals surface area contributed by atoms with Crippen LogP contribution in [0.1, 0.15) is 26.9 Å². The molecule has 0 bridgehead atoms. The van der Waals surface area contributed by atoms with E-state index in [2.05, 4.69) is 9.97 Å². The number of thiazole rings is 1. The lowest BCUT2D eigenvalue weighted by molar-refractivity contribution is 0.0726. The minimum atomic E-state index is -0.0208. The second kappa shape index (κ2) is 6.33. The molecule has 1 aromatic carbocycles. The summed E-state index contributed by atoms with van der Waals surface area (Å²) in [6.07, 6.45) is 0.741. The maximum Gasteiger partial charge on any atom is 0.273 e. The number of imidazole rings is 1. The van der Waals surface area contributed by atoms with Crippen LogP contribution in [0.3, 0.4) is 0 Å². The molecule has 3 heterocycles. The maximum atomic E-state index is 12.6. The molecule has 0 aliphatic carbocycles.